The van der Waals surface area contributed by atoms with Crippen molar-refractivity contribution in [1.29, 1.82) is 0 Å². The molecular weight excluding hydrogens is 333 g/mol. The van der Waals surface area contributed by atoms with Gasteiger partial charge in [0.05, 0.1) is 6.54 Å². The molecule has 2 aliphatic rings. The number of carbonyl (C=O) groups is 1. The van der Waals surface area contributed by atoms with Gasteiger partial charge in [0.2, 0.25) is 5.91 Å². The lowest BCUT2D eigenvalue weighted by atomic mass is 10.1. The van der Waals surface area contributed by atoms with Gasteiger partial charge in [-0.3, -0.25) is 4.79 Å². The quantitative estimate of drug-likeness (QED) is 0.881. The summed E-state index contributed by atoms with van der Waals surface area (Å²) in [6, 6.07) is 1.04. The molecule has 25 heavy (non-hydrogen) atoms. The number of amides is 1. The van der Waals surface area contributed by atoms with Crippen molar-refractivity contribution in [3.63, 3.8) is 0 Å². The normalized spacial score (nSPS) is 22.2. The van der Waals surface area contributed by atoms with Gasteiger partial charge in [0.1, 0.15) is 11.5 Å². The van der Waals surface area contributed by atoms with E-state index in [1.54, 1.807) is 0 Å². The van der Waals surface area contributed by atoms with Crippen molar-refractivity contribution in [3.05, 3.63) is 23.3 Å². The van der Waals surface area contributed by atoms with Crippen LogP contribution in [-0.2, 0) is 17.5 Å². The van der Waals surface area contributed by atoms with E-state index in [4.69, 9.17) is 0 Å². The number of aryl methyl sites for hydroxylation is 1. The van der Waals surface area contributed by atoms with Crippen molar-refractivity contribution < 1.29 is 18.0 Å². The molecule has 1 aromatic rings. The third-order valence-corrected chi connectivity index (χ3v) is 4.72. The molecule has 0 aromatic carbocycles. The van der Waals surface area contributed by atoms with Gasteiger partial charge in [-0.2, -0.15) is 13.2 Å². The summed E-state index contributed by atoms with van der Waals surface area (Å²) in [5, 5.41) is 3.22. The number of rotatable bonds is 5. The Hall–Kier alpha value is -1.70. The zero-order valence-electron chi connectivity index (χ0n) is 14.3. The van der Waals surface area contributed by atoms with Crippen LogP contribution in [0.4, 0.5) is 13.2 Å². The minimum absolute atomic E-state index is 0.0894. The Kier molecular flexibility index (Phi) is 5.27. The molecule has 0 bridgehead atoms. The molecule has 1 amide bonds. The van der Waals surface area contributed by atoms with Gasteiger partial charge in [-0.1, -0.05) is 0 Å². The summed E-state index contributed by atoms with van der Waals surface area (Å²) >= 11 is 0. The summed E-state index contributed by atoms with van der Waals surface area (Å²) < 4.78 is 38.5. The summed E-state index contributed by atoms with van der Waals surface area (Å²) in [4.78, 5) is 21.8. The highest BCUT2D eigenvalue weighted by Gasteiger charge is 2.33. The van der Waals surface area contributed by atoms with Crippen LogP contribution in [0.25, 0.3) is 0 Å². The van der Waals surface area contributed by atoms with Crippen molar-refractivity contribution in [2.24, 2.45) is 5.92 Å². The number of carbonyl (C=O) groups excluding carboxylic acids is 1. The van der Waals surface area contributed by atoms with Gasteiger partial charge in [-0.15, -0.1) is 0 Å². The van der Waals surface area contributed by atoms with E-state index < -0.39 is 11.9 Å². The van der Waals surface area contributed by atoms with E-state index in [-0.39, 0.29) is 24.3 Å². The van der Waals surface area contributed by atoms with Crippen molar-refractivity contribution in [1.82, 2.24) is 20.2 Å². The number of halogens is 3. The van der Waals surface area contributed by atoms with Crippen LogP contribution in [0.2, 0.25) is 0 Å². The minimum Gasteiger partial charge on any atom is -0.342 e. The highest BCUT2D eigenvalue weighted by molar-refractivity contribution is 5.76. The molecule has 2 fully saturated rings. The van der Waals surface area contributed by atoms with Crippen molar-refractivity contribution >= 4 is 5.91 Å². The molecule has 1 atom stereocenters. The Bertz CT molecular complexity index is 631. The third-order valence-electron chi connectivity index (χ3n) is 4.72. The Morgan fingerprint density at radius 1 is 1.24 bits per heavy atom. The first kappa shape index (κ1) is 18.1. The van der Waals surface area contributed by atoms with Crippen molar-refractivity contribution in [2.75, 3.05) is 13.1 Å². The topological polar surface area (TPSA) is 58.1 Å². The standard InChI is InChI=1S/C17H23F3N4O/c1-11-8-14(17(18,19)20)23-15(22-11)9-21-13-4-5-16(25)24(7-6-13)10-12-2-3-12/h8,12-13,21H,2-7,9-10H2,1H3. The number of nitrogens with one attached hydrogen (secondary N) is 1. The van der Waals surface area contributed by atoms with Crippen LogP contribution in [-0.4, -0.2) is 39.9 Å². The second kappa shape index (κ2) is 7.27. The summed E-state index contributed by atoms with van der Waals surface area (Å²) in [6.07, 6.45) is -0.0862. The average molecular weight is 356 g/mol. The number of nitrogens with zero attached hydrogens (tertiary/aromatic N) is 3. The lowest BCUT2D eigenvalue weighted by Gasteiger charge is -2.20. The summed E-state index contributed by atoms with van der Waals surface area (Å²) in [5.41, 5.74) is -0.616. The van der Waals surface area contributed by atoms with Gasteiger partial charge in [0.15, 0.2) is 0 Å². The number of aromatic nitrogens is 2. The second-order valence-electron chi connectivity index (χ2n) is 7.00. The van der Waals surface area contributed by atoms with Crippen LogP contribution in [0.15, 0.2) is 6.07 Å². The molecule has 1 aliphatic heterocycles. The van der Waals surface area contributed by atoms with Crippen molar-refractivity contribution in [2.45, 2.75) is 57.8 Å². The van der Waals surface area contributed by atoms with Gasteiger partial charge in [0, 0.05) is 31.2 Å². The van der Waals surface area contributed by atoms with Crippen LogP contribution < -0.4 is 5.32 Å². The average Bonchev–Trinajstić information content (AvgIpc) is 3.36. The first-order chi connectivity index (χ1) is 11.8. The molecular formula is C17H23F3N4O. The molecule has 3 rings (SSSR count). The molecule has 2 heterocycles. The van der Waals surface area contributed by atoms with E-state index in [1.807, 2.05) is 4.90 Å². The van der Waals surface area contributed by atoms with E-state index in [0.717, 1.165) is 19.0 Å². The van der Waals surface area contributed by atoms with Crippen molar-refractivity contribution in [3.8, 4) is 0 Å². The molecule has 0 spiro atoms. The molecule has 1 saturated heterocycles. The number of hydrogen-bond acceptors (Lipinski definition) is 4. The molecule has 5 nitrogen and oxygen atoms in total. The van der Waals surface area contributed by atoms with E-state index in [2.05, 4.69) is 15.3 Å². The third kappa shape index (κ3) is 5.14. The first-order valence-electron chi connectivity index (χ1n) is 8.74. The van der Waals surface area contributed by atoms with E-state index in [9.17, 15) is 18.0 Å². The van der Waals surface area contributed by atoms with Gasteiger partial charge in [0.25, 0.3) is 0 Å². The number of alkyl halides is 3. The molecule has 0 radical (unpaired) electrons. The predicted octanol–water partition coefficient (Wildman–Crippen LogP) is 2.68. The predicted molar refractivity (Wildman–Crippen MR) is 85.6 cm³/mol. The summed E-state index contributed by atoms with van der Waals surface area (Å²) in [5.74, 6) is 0.982. The lowest BCUT2D eigenvalue weighted by molar-refractivity contribution is -0.141. The highest BCUT2D eigenvalue weighted by atomic mass is 19.4. The zero-order valence-corrected chi connectivity index (χ0v) is 14.3. The Morgan fingerprint density at radius 3 is 2.68 bits per heavy atom. The van der Waals surface area contributed by atoms with E-state index in [1.165, 1.54) is 19.8 Å². The molecule has 1 saturated carbocycles. The maximum absolute atomic E-state index is 12.8. The number of likely N-dealkylation sites (tertiary alicyclic amines) is 1. The van der Waals surface area contributed by atoms with Gasteiger partial charge >= 0.3 is 6.18 Å². The molecule has 1 aromatic heterocycles. The van der Waals surface area contributed by atoms with Crippen LogP contribution in [0.3, 0.4) is 0 Å². The molecule has 1 aliphatic carbocycles. The Balaban J connectivity index is 1.56. The molecule has 1 unspecified atom stereocenters. The summed E-state index contributed by atoms with van der Waals surface area (Å²) in [7, 11) is 0. The lowest BCUT2D eigenvalue weighted by Crippen LogP contribution is -2.33. The van der Waals surface area contributed by atoms with Gasteiger partial charge in [-0.25, -0.2) is 9.97 Å². The molecule has 8 heteroatoms. The summed E-state index contributed by atoms with van der Waals surface area (Å²) in [6.45, 7) is 3.25. The monoisotopic (exact) mass is 356 g/mol. The van der Waals surface area contributed by atoms with E-state index in [0.29, 0.717) is 31.0 Å². The van der Waals surface area contributed by atoms with Crippen LogP contribution in [0, 0.1) is 12.8 Å². The fourth-order valence-electron chi connectivity index (χ4n) is 3.14. The van der Waals surface area contributed by atoms with Crippen LogP contribution >= 0.6 is 0 Å². The van der Waals surface area contributed by atoms with E-state index >= 15 is 0 Å². The zero-order chi connectivity index (χ0) is 18.0. The highest BCUT2D eigenvalue weighted by Crippen LogP contribution is 2.31. The maximum Gasteiger partial charge on any atom is 0.433 e. The number of hydrogen-bond donors (Lipinski definition) is 1. The van der Waals surface area contributed by atoms with Crippen LogP contribution in [0.5, 0.6) is 0 Å². The maximum atomic E-state index is 12.8. The second-order valence-corrected chi connectivity index (χ2v) is 7.00. The van der Waals surface area contributed by atoms with Gasteiger partial charge < -0.3 is 10.2 Å². The van der Waals surface area contributed by atoms with Gasteiger partial charge in [-0.05, 0) is 44.6 Å². The Morgan fingerprint density at radius 2 is 2.00 bits per heavy atom. The fraction of sp³-hybridized carbons (Fsp3) is 0.706. The molecule has 1 N–H and O–H groups in total. The fourth-order valence-corrected chi connectivity index (χ4v) is 3.14. The SMILES string of the molecule is Cc1cc(C(F)(F)F)nc(CNC2CCC(=O)N(CC3CC3)CC2)n1. The first-order valence-corrected chi connectivity index (χ1v) is 8.74. The smallest absolute Gasteiger partial charge is 0.342 e. The minimum atomic E-state index is -4.47. The Labute approximate surface area is 145 Å². The van der Waals surface area contributed by atoms with Crippen LogP contribution in [0.1, 0.15) is 49.3 Å². The largest absolute Gasteiger partial charge is 0.433 e. The molecule has 138 valence electrons.